The maximum atomic E-state index is 12.7. The van der Waals surface area contributed by atoms with Crippen LogP contribution in [0, 0.1) is 13.8 Å². The van der Waals surface area contributed by atoms with Crippen molar-refractivity contribution in [3.05, 3.63) is 59.7 Å². The van der Waals surface area contributed by atoms with Gasteiger partial charge in [-0.3, -0.25) is 14.5 Å². The van der Waals surface area contributed by atoms with E-state index >= 15 is 0 Å². The van der Waals surface area contributed by atoms with Gasteiger partial charge in [0, 0.05) is 51.3 Å². The lowest BCUT2D eigenvalue weighted by Gasteiger charge is -2.36. The Morgan fingerprint density at radius 2 is 1.76 bits per heavy atom. The van der Waals surface area contributed by atoms with Crippen LogP contribution in [-0.2, 0) is 9.59 Å². The predicted molar refractivity (Wildman–Crippen MR) is 133 cm³/mol. The largest absolute Gasteiger partial charge is 0.369 e. The summed E-state index contributed by atoms with van der Waals surface area (Å²) in [5.74, 6) is -0.249. The van der Waals surface area contributed by atoms with E-state index in [4.69, 9.17) is 0 Å². The van der Waals surface area contributed by atoms with Gasteiger partial charge < -0.3 is 10.2 Å². The molecule has 2 aromatic rings. The molecule has 2 aliphatic rings. The Bertz CT molecular complexity index is 1010. The summed E-state index contributed by atoms with van der Waals surface area (Å²) in [5.41, 5.74) is 4.48. The van der Waals surface area contributed by atoms with E-state index in [0.29, 0.717) is 25.1 Å². The van der Waals surface area contributed by atoms with E-state index in [1.807, 2.05) is 38.1 Å². The summed E-state index contributed by atoms with van der Waals surface area (Å²) in [7, 11) is 0. The number of hydrazone groups is 1. The summed E-state index contributed by atoms with van der Waals surface area (Å²) in [5, 5.41) is 8.80. The first-order valence-electron chi connectivity index (χ1n) is 11.8. The molecule has 0 saturated carbocycles. The normalized spacial score (nSPS) is 17.2. The fraction of sp³-hybridized carbons (Fsp3) is 0.423. The molecule has 7 heteroatoms. The fourth-order valence-electron chi connectivity index (χ4n) is 4.33. The maximum Gasteiger partial charge on any atom is 0.267 e. The third-order valence-electron chi connectivity index (χ3n) is 6.32. The minimum Gasteiger partial charge on any atom is -0.369 e. The smallest absolute Gasteiger partial charge is 0.267 e. The number of rotatable bonds is 7. The van der Waals surface area contributed by atoms with Crippen LogP contribution in [0.25, 0.3) is 0 Å². The average molecular weight is 448 g/mol. The summed E-state index contributed by atoms with van der Waals surface area (Å²) in [4.78, 5) is 30.0. The van der Waals surface area contributed by atoms with Crippen molar-refractivity contribution < 1.29 is 9.59 Å². The van der Waals surface area contributed by atoms with Gasteiger partial charge in [0.1, 0.15) is 5.71 Å². The van der Waals surface area contributed by atoms with Crippen molar-refractivity contribution in [2.45, 2.75) is 33.1 Å². The molecule has 0 unspecified atom stereocenters. The number of para-hydroxylation sites is 1. The number of carbonyl (C=O) groups is 2. The van der Waals surface area contributed by atoms with Crippen LogP contribution in [0.2, 0.25) is 0 Å². The molecule has 1 fully saturated rings. The van der Waals surface area contributed by atoms with Gasteiger partial charge in [0.15, 0.2) is 0 Å². The van der Waals surface area contributed by atoms with Crippen molar-refractivity contribution in [3.63, 3.8) is 0 Å². The second kappa shape index (κ2) is 10.6. The van der Waals surface area contributed by atoms with Crippen molar-refractivity contribution in [3.8, 4) is 0 Å². The SMILES string of the molecule is Cc1ccc(C)c(N2N=C(C(=O)NCCCN3CCN(c4ccccc4)CC3)CCC2=O)c1. The zero-order valence-electron chi connectivity index (χ0n) is 19.6. The summed E-state index contributed by atoms with van der Waals surface area (Å²) in [6.07, 6.45) is 1.57. The lowest BCUT2D eigenvalue weighted by Crippen LogP contribution is -2.47. The third kappa shape index (κ3) is 5.79. The molecule has 2 aromatic carbocycles. The standard InChI is InChI=1S/C26H33N5O2/c1-20-9-10-21(2)24(19-20)31-25(32)12-11-23(28-31)26(33)27-13-6-14-29-15-17-30(18-16-29)22-7-4-3-5-8-22/h3-5,7-10,19H,6,11-18H2,1-2H3,(H,27,33). The van der Waals surface area contributed by atoms with Crippen LogP contribution < -0.4 is 15.2 Å². The summed E-state index contributed by atoms with van der Waals surface area (Å²) in [6.45, 7) is 9.61. The Hall–Kier alpha value is -3.19. The second-order valence-electron chi connectivity index (χ2n) is 8.82. The highest BCUT2D eigenvalue weighted by Gasteiger charge is 2.26. The Kier molecular flexibility index (Phi) is 7.40. The fourth-order valence-corrected chi connectivity index (χ4v) is 4.33. The minimum atomic E-state index is -0.174. The summed E-state index contributed by atoms with van der Waals surface area (Å²) in [6, 6.07) is 16.5. The van der Waals surface area contributed by atoms with Crippen LogP contribution >= 0.6 is 0 Å². The molecule has 2 heterocycles. The molecule has 33 heavy (non-hydrogen) atoms. The monoisotopic (exact) mass is 447 g/mol. The van der Waals surface area contributed by atoms with Gasteiger partial charge in [0.25, 0.3) is 5.91 Å². The number of aryl methyl sites for hydroxylation is 2. The van der Waals surface area contributed by atoms with Gasteiger partial charge in [-0.15, -0.1) is 0 Å². The van der Waals surface area contributed by atoms with E-state index in [0.717, 1.165) is 56.0 Å². The number of nitrogens with one attached hydrogen (secondary N) is 1. The highest BCUT2D eigenvalue weighted by Crippen LogP contribution is 2.25. The van der Waals surface area contributed by atoms with Crippen LogP contribution in [0.5, 0.6) is 0 Å². The molecule has 0 radical (unpaired) electrons. The number of hydrogen-bond donors (Lipinski definition) is 1. The molecule has 0 atom stereocenters. The van der Waals surface area contributed by atoms with Crippen molar-refractivity contribution >= 4 is 28.9 Å². The molecule has 0 aromatic heterocycles. The van der Waals surface area contributed by atoms with Gasteiger partial charge in [-0.05, 0) is 56.1 Å². The molecule has 2 amide bonds. The number of hydrogen-bond acceptors (Lipinski definition) is 5. The minimum absolute atomic E-state index is 0.0742. The van der Waals surface area contributed by atoms with Crippen LogP contribution in [0.1, 0.15) is 30.4 Å². The first-order chi connectivity index (χ1) is 16.0. The Morgan fingerprint density at radius 3 is 2.52 bits per heavy atom. The molecular formula is C26H33N5O2. The van der Waals surface area contributed by atoms with E-state index in [9.17, 15) is 9.59 Å². The number of anilines is 2. The molecule has 7 nitrogen and oxygen atoms in total. The van der Waals surface area contributed by atoms with Gasteiger partial charge >= 0.3 is 0 Å². The molecule has 2 aliphatic heterocycles. The predicted octanol–water partition coefficient (Wildman–Crippen LogP) is 3.11. The van der Waals surface area contributed by atoms with E-state index in [2.05, 4.69) is 44.5 Å². The van der Waals surface area contributed by atoms with Crippen molar-refractivity contribution in [1.29, 1.82) is 0 Å². The quantitative estimate of drug-likeness (QED) is 0.663. The highest BCUT2D eigenvalue weighted by molar-refractivity contribution is 6.40. The molecule has 1 saturated heterocycles. The number of carbonyl (C=O) groups excluding carboxylic acids is 2. The van der Waals surface area contributed by atoms with Crippen LogP contribution in [-0.4, -0.2) is 61.7 Å². The number of nitrogens with zero attached hydrogens (tertiary/aromatic N) is 4. The molecule has 0 aliphatic carbocycles. The third-order valence-corrected chi connectivity index (χ3v) is 6.32. The molecule has 174 valence electrons. The number of piperazine rings is 1. The Morgan fingerprint density at radius 1 is 1.00 bits per heavy atom. The van der Waals surface area contributed by atoms with Crippen molar-refractivity contribution in [1.82, 2.24) is 10.2 Å². The summed E-state index contributed by atoms with van der Waals surface area (Å²) >= 11 is 0. The van der Waals surface area contributed by atoms with Crippen LogP contribution in [0.4, 0.5) is 11.4 Å². The molecule has 0 bridgehead atoms. The summed E-state index contributed by atoms with van der Waals surface area (Å²) < 4.78 is 0. The van der Waals surface area contributed by atoms with Crippen LogP contribution in [0.3, 0.4) is 0 Å². The van der Waals surface area contributed by atoms with Gasteiger partial charge in [-0.1, -0.05) is 30.3 Å². The van der Waals surface area contributed by atoms with Gasteiger partial charge in [-0.25, -0.2) is 5.01 Å². The Labute approximate surface area is 196 Å². The van der Waals surface area contributed by atoms with Gasteiger partial charge in [0.2, 0.25) is 5.91 Å². The number of amides is 2. The zero-order chi connectivity index (χ0) is 23.2. The lowest BCUT2D eigenvalue weighted by atomic mass is 10.1. The van der Waals surface area contributed by atoms with Gasteiger partial charge in [0.05, 0.1) is 5.69 Å². The zero-order valence-corrected chi connectivity index (χ0v) is 19.6. The Balaban J connectivity index is 1.24. The van der Waals surface area contributed by atoms with E-state index < -0.39 is 0 Å². The van der Waals surface area contributed by atoms with E-state index in [1.165, 1.54) is 10.7 Å². The van der Waals surface area contributed by atoms with Crippen LogP contribution in [0.15, 0.2) is 53.6 Å². The van der Waals surface area contributed by atoms with E-state index in [-0.39, 0.29) is 11.8 Å². The first-order valence-corrected chi connectivity index (χ1v) is 11.8. The van der Waals surface area contributed by atoms with E-state index in [1.54, 1.807) is 0 Å². The topological polar surface area (TPSA) is 68.2 Å². The average Bonchev–Trinajstić information content (AvgIpc) is 2.84. The highest BCUT2D eigenvalue weighted by atomic mass is 16.2. The van der Waals surface area contributed by atoms with Gasteiger partial charge in [-0.2, -0.15) is 5.10 Å². The van der Waals surface area contributed by atoms with Crippen molar-refractivity contribution in [2.75, 3.05) is 49.2 Å². The molecular weight excluding hydrogens is 414 g/mol. The molecule has 4 rings (SSSR count). The second-order valence-corrected chi connectivity index (χ2v) is 8.82. The maximum absolute atomic E-state index is 12.7. The molecule has 1 N–H and O–H groups in total. The number of benzene rings is 2. The first kappa shape index (κ1) is 23.0. The lowest BCUT2D eigenvalue weighted by molar-refractivity contribution is -0.119. The molecule has 0 spiro atoms. The van der Waals surface area contributed by atoms with Crippen molar-refractivity contribution in [2.24, 2.45) is 5.10 Å².